The molecule has 0 bridgehead atoms. The van der Waals surface area contributed by atoms with Gasteiger partial charge in [-0.15, -0.1) is 0 Å². The fourth-order valence-corrected chi connectivity index (χ4v) is 1.79. The van der Waals surface area contributed by atoms with Crippen molar-refractivity contribution in [1.29, 1.82) is 0 Å². The fraction of sp³-hybridized carbons (Fsp3) is 0.0667. The van der Waals surface area contributed by atoms with E-state index in [4.69, 9.17) is 4.74 Å². The molecule has 0 saturated carbocycles. The number of non-ortho nitro benzene ring substituents is 1. The van der Waals surface area contributed by atoms with Gasteiger partial charge in [0.2, 0.25) is 0 Å². The molecule has 0 unspecified atom stereocenters. The molecule has 2 amide bonds. The van der Waals surface area contributed by atoms with Crippen LogP contribution in [0.25, 0.3) is 0 Å². The molecule has 118 valence electrons. The van der Waals surface area contributed by atoms with Gasteiger partial charge < -0.3 is 15.4 Å². The molecule has 2 aromatic carbocycles. The van der Waals surface area contributed by atoms with E-state index in [1.807, 2.05) is 0 Å². The summed E-state index contributed by atoms with van der Waals surface area (Å²) in [7, 11) is 0. The molecule has 2 N–H and O–H groups in total. The molecule has 0 heterocycles. The van der Waals surface area contributed by atoms with Gasteiger partial charge in [0.15, 0.2) is 0 Å². The minimum atomic E-state index is -0.578. The average Bonchev–Trinajstić information content (AvgIpc) is 2.47. The van der Waals surface area contributed by atoms with Gasteiger partial charge in [0, 0.05) is 36.5 Å². The molecule has 2 aromatic rings. The zero-order valence-electron chi connectivity index (χ0n) is 12.1. The number of hydrogen-bond acceptors (Lipinski definition) is 5. The molecule has 0 aliphatic heterocycles. The Morgan fingerprint density at radius 2 is 1.65 bits per heavy atom. The minimum Gasteiger partial charge on any atom is -0.427 e. The van der Waals surface area contributed by atoms with Crippen LogP contribution in [-0.4, -0.2) is 16.9 Å². The second kappa shape index (κ2) is 7.03. The van der Waals surface area contributed by atoms with Gasteiger partial charge in [0.05, 0.1) is 4.92 Å². The number of nitro groups is 1. The number of hydrogen-bond donors (Lipinski definition) is 2. The molecule has 0 aromatic heterocycles. The smallest absolute Gasteiger partial charge is 0.323 e. The van der Waals surface area contributed by atoms with E-state index in [9.17, 15) is 19.7 Å². The third-order valence-corrected chi connectivity index (χ3v) is 2.67. The number of carbonyl (C=O) groups is 2. The molecular weight excluding hydrogens is 302 g/mol. The normalized spacial score (nSPS) is 9.78. The van der Waals surface area contributed by atoms with Crippen molar-refractivity contribution in [2.24, 2.45) is 0 Å². The van der Waals surface area contributed by atoms with Crippen LogP contribution >= 0.6 is 0 Å². The van der Waals surface area contributed by atoms with E-state index in [0.29, 0.717) is 11.4 Å². The van der Waals surface area contributed by atoms with Crippen molar-refractivity contribution in [3.63, 3.8) is 0 Å². The highest BCUT2D eigenvalue weighted by Gasteiger charge is 2.09. The first-order valence-electron chi connectivity index (χ1n) is 6.55. The van der Waals surface area contributed by atoms with Crippen LogP contribution in [-0.2, 0) is 4.79 Å². The summed E-state index contributed by atoms with van der Waals surface area (Å²) in [5, 5.41) is 15.7. The second-order valence-corrected chi connectivity index (χ2v) is 4.51. The van der Waals surface area contributed by atoms with Gasteiger partial charge in [-0.05, 0) is 18.2 Å². The quantitative estimate of drug-likeness (QED) is 0.389. The molecular formula is C15H13N3O5. The zero-order chi connectivity index (χ0) is 16.8. The van der Waals surface area contributed by atoms with Crippen LogP contribution in [0.3, 0.4) is 0 Å². The number of benzene rings is 2. The standard InChI is InChI=1S/C15H13N3O5/c1-10(19)23-14-7-3-5-12(9-14)17-15(20)16-11-4-2-6-13(8-11)18(21)22/h2-9H,1H3,(H2,16,17,20). The van der Waals surface area contributed by atoms with Crippen molar-refractivity contribution in [3.05, 3.63) is 58.6 Å². The Labute approximate surface area is 131 Å². The van der Waals surface area contributed by atoms with E-state index in [0.717, 1.165) is 0 Å². The first-order valence-corrected chi connectivity index (χ1v) is 6.55. The van der Waals surface area contributed by atoms with Crippen molar-refractivity contribution in [2.45, 2.75) is 6.92 Å². The number of urea groups is 1. The predicted octanol–water partition coefficient (Wildman–Crippen LogP) is 3.16. The number of carbonyl (C=O) groups excluding carboxylic acids is 2. The summed E-state index contributed by atoms with van der Waals surface area (Å²) in [6.07, 6.45) is 0. The zero-order valence-corrected chi connectivity index (χ0v) is 12.1. The van der Waals surface area contributed by atoms with E-state index < -0.39 is 16.9 Å². The summed E-state index contributed by atoms with van der Waals surface area (Å²) in [5.74, 6) is -0.172. The van der Waals surface area contributed by atoms with E-state index in [1.54, 1.807) is 18.2 Å². The highest BCUT2D eigenvalue weighted by molar-refractivity contribution is 6.00. The number of rotatable bonds is 4. The lowest BCUT2D eigenvalue weighted by Gasteiger charge is -2.08. The van der Waals surface area contributed by atoms with E-state index in [-0.39, 0.29) is 11.4 Å². The third-order valence-electron chi connectivity index (χ3n) is 2.67. The van der Waals surface area contributed by atoms with Crippen LogP contribution in [0.15, 0.2) is 48.5 Å². The highest BCUT2D eigenvalue weighted by Crippen LogP contribution is 2.19. The Hall–Kier alpha value is -3.42. The molecule has 2 rings (SSSR count). The summed E-state index contributed by atoms with van der Waals surface area (Å²) < 4.78 is 4.91. The molecule has 0 spiro atoms. The summed E-state index contributed by atoms with van der Waals surface area (Å²) >= 11 is 0. The molecule has 8 heteroatoms. The molecule has 0 saturated heterocycles. The minimum absolute atomic E-state index is 0.125. The Kier molecular flexibility index (Phi) is 4.88. The Bertz CT molecular complexity index is 760. The Morgan fingerprint density at radius 1 is 1.04 bits per heavy atom. The van der Waals surface area contributed by atoms with Gasteiger partial charge in [0.25, 0.3) is 5.69 Å². The SMILES string of the molecule is CC(=O)Oc1cccc(NC(=O)Nc2cccc([N+](=O)[O-])c2)c1. The lowest BCUT2D eigenvalue weighted by atomic mass is 10.3. The topological polar surface area (TPSA) is 111 Å². The van der Waals surface area contributed by atoms with Crippen molar-refractivity contribution in [3.8, 4) is 5.75 Å². The predicted molar refractivity (Wildman–Crippen MR) is 83.5 cm³/mol. The lowest BCUT2D eigenvalue weighted by molar-refractivity contribution is -0.384. The first kappa shape index (κ1) is 16.0. The molecule has 0 aliphatic carbocycles. The van der Waals surface area contributed by atoms with Gasteiger partial charge in [-0.3, -0.25) is 14.9 Å². The van der Waals surface area contributed by atoms with Crippen molar-refractivity contribution in [2.75, 3.05) is 10.6 Å². The van der Waals surface area contributed by atoms with E-state index in [2.05, 4.69) is 10.6 Å². The van der Waals surface area contributed by atoms with Crippen LogP contribution < -0.4 is 15.4 Å². The van der Waals surface area contributed by atoms with Crippen molar-refractivity contribution in [1.82, 2.24) is 0 Å². The van der Waals surface area contributed by atoms with Crippen LogP contribution in [0.5, 0.6) is 5.75 Å². The van der Waals surface area contributed by atoms with Crippen LogP contribution in [0.4, 0.5) is 21.9 Å². The number of ether oxygens (including phenoxy) is 1. The number of nitro benzene ring substituents is 1. The van der Waals surface area contributed by atoms with Gasteiger partial charge in [-0.1, -0.05) is 12.1 Å². The van der Waals surface area contributed by atoms with Crippen molar-refractivity contribution < 1.29 is 19.2 Å². The fourth-order valence-electron chi connectivity index (χ4n) is 1.79. The van der Waals surface area contributed by atoms with Gasteiger partial charge in [-0.25, -0.2) is 4.79 Å². The van der Waals surface area contributed by atoms with Crippen LogP contribution in [0.2, 0.25) is 0 Å². The second-order valence-electron chi connectivity index (χ2n) is 4.51. The maximum atomic E-state index is 11.9. The third kappa shape index (κ3) is 4.81. The summed E-state index contributed by atoms with van der Waals surface area (Å²) in [6, 6.07) is 11.3. The largest absolute Gasteiger partial charge is 0.427 e. The Balaban J connectivity index is 2.03. The van der Waals surface area contributed by atoms with Gasteiger partial charge >= 0.3 is 12.0 Å². The Morgan fingerprint density at radius 3 is 2.26 bits per heavy atom. The number of amides is 2. The van der Waals surface area contributed by atoms with Crippen molar-refractivity contribution >= 4 is 29.1 Å². The van der Waals surface area contributed by atoms with E-state index >= 15 is 0 Å². The van der Waals surface area contributed by atoms with Crippen LogP contribution in [0, 0.1) is 10.1 Å². The molecule has 8 nitrogen and oxygen atoms in total. The summed E-state index contributed by atoms with van der Waals surface area (Å²) in [6.45, 7) is 1.27. The number of nitrogens with zero attached hydrogens (tertiary/aromatic N) is 1. The number of esters is 1. The maximum Gasteiger partial charge on any atom is 0.323 e. The molecule has 0 aliphatic rings. The molecule has 0 atom stereocenters. The molecule has 0 fully saturated rings. The first-order chi connectivity index (χ1) is 10.9. The lowest BCUT2D eigenvalue weighted by Crippen LogP contribution is -2.19. The van der Waals surface area contributed by atoms with Crippen LogP contribution in [0.1, 0.15) is 6.92 Å². The average molecular weight is 315 g/mol. The molecule has 0 radical (unpaired) electrons. The maximum absolute atomic E-state index is 11.9. The summed E-state index contributed by atoms with van der Waals surface area (Å²) in [5.41, 5.74) is 0.569. The molecule has 23 heavy (non-hydrogen) atoms. The van der Waals surface area contributed by atoms with Gasteiger partial charge in [0.1, 0.15) is 5.75 Å². The number of anilines is 2. The van der Waals surface area contributed by atoms with E-state index in [1.165, 1.54) is 37.3 Å². The summed E-state index contributed by atoms with van der Waals surface area (Å²) in [4.78, 5) is 32.9. The van der Waals surface area contributed by atoms with Gasteiger partial charge in [-0.2, -0.15) is 0 Å². The number of nitrogens with one attached hydrogen (secondary N) is 2. The monoisotopic (exact) mass is 315 g/mol. The highest BCUT2D eigenvalue weighted by atomic mass is 16.6.